The number of nitrogens with one attached hydrogen (secondary N) is 1. The summed E-state index contributed by atoms with van der Waals surface area (Å²) in [5.74, 6) is 2.64. The van der Waals surface area contributed by atoms with E-state index in [1.165, 1.54) is 63.8 Å². The predicted octanol–water partition coefficient (Wildman–Crippen LogP) is 4.55. The van der Waals surface area contributed by atoms with Crippen LogP contribution in [-0.2, 0) is 6.54 Å². The topological polar surface area (TPSA) is 34.1 Å². The summed E-state index contributed by atoms with van der Waals surface area (Å²) >= 11 is 6.35. The number of hydrogen-bond acceptors (Lipinski definition) is 3. The number of halogens is 2. The Kier molecular flexibility index (Phi) is 10.9. The molecule has 0 bridgehead atoms. The molecule has 0 aromatic heterocycles. The third-order valence-electron chi connectivity index (χ3n) is 7.19. The van der Waals surface area contributed by atoms with Gasteiger partial charge in [-0.25, -0.2) is 0 Å². The molecule has 180 valence electrons. The van der Waals surface area contributed by atoms with Crippen LogP contribution in [0.15, 0.2) is 29.3 Å². The van der Waals surface area contributed by atoms with Crippen LogP contribution in [0.2, 0.25) is 5.02 Å². The van der Waals surface area contributed by atoms with E-state index in [4.69, 9.17) is 16.6 Å². The van der Waals surface area contributed by atoms with Crippen molar-refractivity contribution in [2.45, 2.75) is 45.6 Å². The maximum atomic E-state index is 6.35. The number of piperidine rings is 1. The fraction of sp³-hybridized carbons (Fsp3) is 0.720. The van der Waals surface area contributed by atoms with Gasteiger partial charge < -0.3 is 15.1 Å². The number of nitrogens with zero attached hydrogens (tertiary/aromatic N) is 4. The third-order valence-corrected chi connectivity index (χ3v) is 7.56. The molecule has 3 heterocycles. The van der Waals surface area contributed by atoms with E-state index in [0.29, 0.717) is 5.92 Å². The highest BCUT2D eigenvalue weighted by Gasteiger charge is 2.28. The van der Waals surface area contributed by atoms with E-state index >= 15 is 0 Å². The van der Waals surface area contributed by atoms with Crippen molar-refractivity contribution in [2.24, 2.45) is 16.8 Å². The van der Waals surface area contributed by atoms with Gasteiger partial charge in [0.05, 0.1) is 0 Å². The third kappa shape index (κ3) is 7.47. The van der Waals surface area contributed by atoms with E-state index in [0.717, 1.165) is 56.2 Å². The molecule has 3 saturated heterocycles. The van der Waals surface area contributed by atoms with Gasteiger partial charge in [0.25, 0.3) is 0 Å². The lowest BCUT2D eigenvalue weighted by atomic mass is 9.96. The molecule has 0 radical (unpaired) electrons. The maximum Gasteiger partial charge on any atom is 0.193 e. The highest BCUT2D eigenvalue weighted by atomic mass is 127. The molecular weight excluding hydrogens is 533 g/mol. The van der Waals surface area contributed by atoms with E-state index in [2.05, 4.69) is 39.1 Å². The number of likely N-dealkylation sites (tertiary alicyclic amines) is 3. The van der Waals surface area contributed by atoms with Crippen LogP contribution in [0, 0.1) is 11.8 Å². The lowest BCUT2D eigenvalue weighted by Gasteiger charge is -2.32. The second kappa shape index (κ2) is 13.4. The Hall–Kier alpha value is -0.570. The monoisotopic (exact) mass is 573 g/mol. The van der Waals surface area contributed by atoms with Gasteiger partial charge in [-0.2, -0.15) is 0 Å². The summed E-state index contributed by atoms with van der Waals surface area (Å²) in [5.41, 5.74) is 1.24. The van der Waals surface area contributed by atoms with Gasteiger partial charge in [0.15, 0.2) is 5.96 Å². The molecule has 0 spiro atoms. The van der Waals surface area contributed by atoms with Crippen LogP contribution < -0.4 is 5.32 Å². The van der Waals surface area contributed by atoms with Crippen LogP contribution in [0.4, 0.5) is 0 Å². The molecule has 1 aromatic rings. The molecule has 1 aromatic carbocycles. The summed E-state index contributed by atoms with van der Waals surface area (Å²) < 4.78 is 0. The molecule has 1 unspecified atom stereocenters. The highest BCUT2D eigenvalue weighted by molar-refractivity contribution is 14.0. The van der Waals surface area contributed by atoms with Gasteiger partial charge in [0, 0.05) is 44.3 Å². The molecule has 32 heavy (non-hydrogen) atoms. The summed E-state index contributed by atoms with van der Waals surface area (Å²) in [6.45, 7) is 13.5. The zero-order valence-corrected chi connectivity index (χ0v) is 22.7. The van der Waals surface area contributed by atoms with Crippen molar-refractivity contribution in [1.29, 1.82) is 0 Å². The Bertz CT molecular complexity index is 716. The maximum absolute atomic E-state index is 6.35. The minimum atomic E-state index is 0. The van der Waals surface area contributed by atoms with Gasteiger partial charge in [0.2, 0.25) is 0 Å². The van der Waals surface area contributed by atoms with Crippen LogP contribution >= 0.6 is 35.6 Å². The summed E-state index contributed by atoms with van der Waals surface area (Å²) in [6, 6.07) is 8.23. The first-order valence-corrected chi connectivity index (χ1v) is 12.8. The molecule has 0 aliphatic carbocycles. The molecule has 4 rings (SSSR count). The van der Waals surface area contributed by atoms with Gasteiger partial charge in [0.1, 0.15) is 0 Å². The number of hydrogen-bond donors (Lipinski definition) is 1. The fourth-order valence-electron chi connectivity index (χ4n) is 5.34. The van der Waals surface area contributed by atoms with Crippen molar-refractivity contribution in [3.8, 4) is 0 Å². The predicted molar refractivity (Wildman–Crippen MR) is 146 cm³/mol. The Labute approximate surface area is 217 Å². The van der Waals surface area contributed by atoms with Crippen LogP contribution in [0.25, 0.3) is 0 Å². The van der Waals surface area contributed by atoms with Gasteiger partial charge in [-0.1, -0.05) is 29.8 Å². The zero-order chi connectivity index (χ0) is 21.5. The molecule has 0 amide bonds. The lowest BCUT2D eigenvalue weighted by molar-refractivity contribution is 0.180. The molecular formula is C25H41ClIN5. The largest absolute Gasteiger partial charge is 0.357 e. The van der Waals surface area contributed by atoms with Crippen molar-refractivity contribution in [1.82, 2.24) is 20.0 Å². The van der Waals surface area contributed by atoms with Crippen LogP contribution in [-0.4, -0.2) is 79.6 Å². The quantitative estimate of drug-likeness (QED) is 0.295. The lowest BCUT2D eigenvalue weighted by Crippen LogP contribution is -2.41. The number of aliphatic imine (C=N–C) groups is 1. The number of guanidine groups is 1. The first-order chi connectivity index (χ1) is 15.2. The SMILES string of the molecule is CCNC(=NCC1CCN(Cc2ccccc2Cl)CC1)N1CCC(CN2CCCC2)C1.I. The zero-order valence-electron chi connectivity index (χ0n) is 19.6. The van der Waals surface area contributed by atoms with E-state index in [1.807, 2.05) is 12.1 Å². The first-order valence-electron chi connectivity index (χ1n) is 12.4. The van der Waals surface area contributed by atoms with Crippen LogP contribution in [0.1, 0.15) is 44.6 Å². The standard InChI is InChI=1S/C25H40ClN5.HI/c1-2-27-25(31-16-11-22(19-31)18-29-12-5-6-13-29)28-17-21-9-14-30(15-10-21)20-23-7-3-4-8-24(23)26;/h3-4,7-8,21-22H,2,5-6,9-20H2,1H3,(H,27,28);1H. The van der Waals surface area contributed by atoms with Gasteiger partial charge in [-0.3, -0.25) is 9.89 Å². The Morgan fingerprint density at radius 2 is 1.72 bits per heavy atom. The summed E-state index contributed by atoms with van der Waals surface area (Å²) in [4.78, 5) is 12.8. The Morgan fingerprint density at radius 3 is 2.44 bits per heavy atom. The van der Waals surface area contributed by atoms with E-state index in [9.17, 15) is 0 Å². The van der Waals surface area contributed by atoms with Gasteiger partial charge in [-0.05, 0) is 88.7 Å². The molecule has 0 saturated carbocycles. The Balaban J connectivity index is 0.00000289. The van der Waals surface area contributed by atoms with Gasteiger partial charge >= 0.3 is 0 Å². The van der Waals surface area contributed by atoms with E-state index in [-0.39, 0.29) is 24.0 Å². The number of rotatable bonds is 7. The molecule has 5 nitrogen and oxygen atoms in total. The second-order valence-corrected chi connectivity index (χ2v) is 10.0. The van der Waals surface area contributed by atoms with E-state index < -0.39 is 0 Å². The van der Waals surface area contributed by atoms with Crippen molar-refractivity contribution >= 4 is 41.5 Å². The summed E-state index contributed by atoms with van der Waals surface area (Å²) in [7, 11) is 0. The smallest absolute Gasteiger partial charge is 0.193 e. The van der Waals surface area contributed by atoms with Crippen molar-refractivity contribution in [3.05, 3.63) is 34.9 Å². The van der Waals surface area contributed by atoms with Gasteiger partial charge in [-0.15, -0.1) is 24.0 Å². The molecule has 1 N–H and O–H groups in total. The average Bonchev–Trinajstić information content (AvgIpc) is 3.46. The summed E-state index contributed by atoms with van der Waals surface area (Å²) in [5, 5.41) is 4.45. The summed E-state index contributed by atoms with van der Waals surface area (Å²) in [6.07, 6.45) is 6.53. The van der Waals surface area contributed by atoms with Crippen molar-refractivity contribution in [3.63, 3.8) is 0 Å². The second-order valence-electron chi connectivity index (χ2n) is 9.61. The molecule has 3 aliphatic rings. The van der Waals surface area contributed by atoms with Crippen molar-refractivity contribution in [2.75, 3.05) is 58.9 Å². The fourth-order valence-corrected chi connectivity index (χ4v) is 5.54. The average molecular weight is 574 g/mol. The molecule has 7 heteroatoms. The molecule has 1 atom stereocenters. The normalized spacial score (nSPS) is 23.5. The van der Waals surface area contributed by atoms with Crippen molar-refractivity contribution < 1.29 is 0 Å². The highest BCUT2D eigenvalue weighted by Crippen LogP contribution is 2.23. The van der Waals surface area contributed by atoms with Crippen LogP contribution in [0.3, 0.4) is 0 Å². The molecule has 3 aliphatic heterocycles. The van der Waals surface area contributed by atoms with E-state index in [1.54, 1.807) is 0 Å². The first kappa shape index (κ1) is 26.0. The van der Waals surface area contributed by atoms with Crippen LogP contribution in [0.5, 0.6) is 0 Å². The number of benzene rings is 1. The minimum absolute atomic E-state index is 0. The minimum Gasteiger partial charge on any atom is -0.357 e. The molecule has 3 fully saturated rings. The Morgan fingerprint density at radius 1 is 1.00 bits per heavy atom.